The van der Waals surface area contributed by atoms with E-state index in [1.807, 2.05) is 6.92 Å². The van der Waals surface area contributed by atoms with Crippen LogP contribution < -0.4 is 5.32 Å². The van der Waals surface area contributed by atoms with Crippen LogP contribution in [-0.2, 0) is 0 Å². The fraction of sp³-hybridized carbons (Fsp3) is 0.571. The van der Waals surface area contributed by atoms with E-state index in [4.69, 9.17) is 0 Å². The minimum Gasteiger partial charge on any atom is -0.394 e. The Morgan fingerprint density at radius 2 is 1.63 bits per heavy atom. The van der Waals surface area contributed by atoms with Crippen LogP contribution in [0.4, 0.5) is 13.2 Å². The van der Waals surface area contributed by atoms with Crippen LogP contribution in [-0.4, -0.2) is 17.8 Å². The molecule has 1 aromatic rings. The van der Waals surface area contributed by atoms with E-state index in [1.165, 1.54) is 0 Å². The van der Waals surface area contributed by atoms with E-state index in [9.17, 15) is 18.3 Å². The van der Waals surface area contributed by atoms with Gasteiger partial charge in [0.2, 0.25) is 0 Å². The number of rotatable bonds is 6. The third-order valence-corrected chi connectivity index (χ3v) is 2.90. The molecule has 2 unspecified atom stereocenters. The summed E-state index contributed by atoms with van der Waals surface area (Å²) in [4.78, 5) is 0. The van der Waals surface area contributed by atoms with Crippen molar-refractivity contribution in [2.45, 2.75) is 39.3 Å². The summed E-state index contributed by atoms with van der Waals surface area (Å²) in [5.41, 5.74) is 0.203. The molecule has 0 spiro atoms. The molecule has 0 amide bonds. The Kier molecular flexibility index (Phi) is 5.82. The van der Waals surface area contributed by atoms with Crippen LogP contribution in [0.1, 0.15) is 38.8 Å². The molecular formula is C14H20F3NO. The smallest absolute Gasteiger partial charge is 0.194 e. The highest BCUT2D eigenvalue weighted by atomic mass is 19.2. The van der Waals surface area contributed by atoms with Crippen molar-refractivity contribution in [3.8, 4) is 0 Å². The third kappa shape index (κ3) is 4.51. The predicted molar refractivity (Wildman–Crippen MR) is 68.2 cm³/mol. The molecule has 108 valence electrons. The highest BCUT2D eigenvalue weighted by molar-refractivity contribution is 5.23. The first-order valence-electron chi connectivity index (χ1n) is 6.36. The minimum atomic E-state index is -1.49. The van der Waals surface area contributed by atoms with Crippen LogP contribution in [0.15, 0.2) is 12.1 Å². The van der Waals surface area contributed by atoms with Crippen molar-refractivity contribution in [2.75, 3.05) is 6.61 Å². The second-order valence-corrected chi connectivity index (χ2v) is 5.23. The van der Waals surface area contributed by atoms with Gasteiger partial charge >= 0.3 is 0 Å². The van der Waals surface area contributed by atoms with E-state index in [-0.39, 0.29) is 18.2 Å². The normalized spacial score (nSPS) is 14.7. The quantitative estimate of drug-likeness (QED) is 0.782. The fourth-order valence-electron chi connectivity index (χ4n) is 2.15. The number of aliphatic hydroxyl groups is 1. The molecule has 1 rings (SSSR count). The topological polar surface area (TPSA) is 32.3 Å². The van der Waals surface area contributed by atoms with E-state index in [1.54, 1.807) is 0 Å². The third-order valence-electron chi connectivity index (χ3n) is 2.90. The van der Waals surface area contributed by atoms with Crippen LogP contribution in [0.25, 0.3) is 0 Å². The molecule has 0 radical (unpaired) electrons. The van der Waals surface area contributed by atoms with Gasteiger partial charge in [-0.05, 0) is 37.0 Å². The number of nitrogens with one attached hydrogen (secondary N) is 1. The zero-order valence-corrected chi connectivity index (χ0v) is 11.4. The Bertz CT molecular complexity index is 400. The zero-order valence-electron chi connectivity index (χ0n) is 11.4. The van der Waals surface area contributed by atoms with Gasteiger partial charge in [0.25, 0.3) is 0 Å². The first-order chi connectivity index (χ1) is 8.85. The number of benzene rings is 1. The first kappa shape index (κ1) is 16.0. The Morgan fingerprint density at radius 1 is 1.11 bits per heavy atom. The van der Waals surface area contributed by atoms with E-state index < -0.39 is 23.5 Å². The van der Waals surface area contributed by atoms with Gasteiger partial charge < -0.3 is 10.4 Å². The maximum Gasteiger partial charge on any atom is 0.194 e. The van der Waals surface area contributed by atoms with Gasteiger partial charge in [0.15, 0.2) is 17.5 Å². The molecule has 19 heavy (non-hydrogen) atoms. The van der Waals surface area contributed by atoms with Gasteiger partial charge in [-0.25, -0.2) is 13.2 Å². The molecule has 0 fully saturated rings. The van der Waals surface area contributed by atoms with Crippen molar-refractivity contribution in [2.24, 2.45) is 5.92 Å². The summed E-state index contributed by atoms with van der Waals surface area (Å²) < 4.78 is 39.2. The molecule has 0 aliphatic heterocycles. The molecule has 2 N–H and O–H groups in total. The van der Waals surface area contributed by atoms with Gasteiger partial charge in [0.1, 0.15) is 0 Å². The molecule has 1 aromatic carbocycles. The molecule has 0 heterocycles. The second kappa shape index (κ2) is 6.91. The Morgan fingerprint density at radius 3 is 2.05 bits per heavy atom. The summed E-state index contributed by atoms with van der Waals surface area (Å²) in [5.74, 6) is -3.52. The molecule has 0 saturated heterocycles. The lowest BCUT2D eigenvalue weighted by Crippen LogP contribution is -2.33. The lowest BCUT2D eigenvalue weighted by atomic mass is 10.0. The van der Waals surface area contributed by atoms with Crippen molar-refractivity contribution in [1.29, 1.82) is 0 Å². The van der Waals surface area contributed by atoms with Gasteiger partial charge in [-0.2, -0.15) is 0 Å². The van der Waals surface area contributed by atoms with Crippen LogP contribution in [0.3, 0.4) is 0 Å². The van der Waals surface area contributed by atoms with Gasteiger partial charge in [-0.3, -0.25) is 0 Å². The van der Waals surface area contributed by atoms with E-state index in [0.717, 1.165) is 18.6 Å². The number of halogens is 3. The molecule has 0 aliphatic carbocycles. The van der Waals surface area contributed by atoms with Crippen molar-refractivity contribution in [1.82, 2.24) is 5.32 Å². The molecule has 0 saturated carbocycles. The summed E-state index contributed by atoms with van der Waals surface area (Å²) in [6, 6.07) is 1.29. The number of hydrogen-bond donors (Lipinski definition) is 2. The first-order valence-corrected chi connectivity index (χ1v) is 6.36. The number of aliphatic hydroxyl groups excluding tert-OH is 1. The van der Waals surface area contributed by atoms with Crippen LogP contribution in [0, 0.1) is 23.4 Å². The van der Waals surface area contributed by atoms with Crippen LogP contribution in [0.5, 0.6) is 0 Å². The molecule has 2 nitrogen and oxygen atoms in total. The van der Waals surface area contributed by atoms with E-state index in [2.05, 4.69) is 19.2 Å². The molecule has 2 atom stereocenters. The lowest BCUT2D eigenvalue weighted by molar-refractivity contribution is 0.229. The molecule has 0 aliphatic rings. The summed E-state index contributed by atoms with van der Waals surface area (Å²) in [5, 5.41) is 12.4. The maximum absolute atomic E-state index is 13.2. The van der Waals surface area contributed by atoms with E-state index >= 15 is 0 Å². The Labute approximate surface area is 111 Å². The van der Waals surface area contributed by atoms with Crippen molar-refractivity contribution in [3.05, 3.63) is 35.1 Å². The fourth-order valence-corrected chi connectivity index (χ4v) is 2.15. The lowest BCUT2D eigenvalue weighted by Gasteiger charge is -2.23. The SMILES string of the molecule is CC(C)CC(C)NC(CO)c1cc(F)c(F)c(F)c1. The summed E-state index contributed by atoms with van der Waals surface area (Å²) in [7, 11) is 0. The summed E-state index contributed by atoms with van der Waals surface area (Å²) in [6.45, 7) is 5.73. The Balaban J connectivity index is 2.85. The zero-order chi connectivity index (χ0) is 14.6. The number of hydrogen-bond acceptors (Lipinski definition) is 2. The average Bonchev–Trinajstić information content (AvgIpc) is 2.31. The van der Waals surface area contributed by atoms with Gasteiger partial charge in [0.05, 0.1) is 12.6 Å². The molecule has 0 bridgehead atoms. The van der Waals surface area contributed by atoms with Crippen LogP contribution in [0.2, 0.25) is 0 Å². The molecule has 5 heteroatoms. The highest BCUT2D eigenvalue weighted by Gasteiger charge is 2.18. The molecular weight excluding hydrogens is 255 g/mol. The van der Waals surface area contributed by atoms with Crippen LogP contribution >= 0.6 is 0 Å². The second-order valence-electron chi connectivity index (χ2n) is 5.23. The van der Waals surface area contributed by atoms with E-state index in [0.29, 0.717) is 5.92 Å². The minimum absolute atomic E-state index is 0.0772. The summed E-state index contributed by atoms with van der Waals surface area (Å²) >= 11 is 0. The monoisotopic (exact) mass is 275 g/mol. The standard InChI is InChI=1S/C14H20F3NO/c1-8(2)4-9(3)18-13(7-19)10-5-11(15)14(17)12(16)6-10/h5-6,8-9,13,18-19H,4,7H2,1-3H3. The van der Waals surface area contributed by atoms with Crippen molar-refractivity contribution < 1.29 is 18.3 Å². The molecule has 0 aromatic heterocycles. The van der Waals surface area contributed by atoms with Gasteiger partial charge in [-0.15, -0.1) is 0 Å². The largest absolute Gasteiger partial charge is 0.394 e. The van der Waals surface area contributed by atoms with Gasteiger partial charge in [0, 0.05) is 6.04 Å². The maximum atomic E-state index is 13.2. The average molecular weight is 275 g/mol. The highest BCUT2D eigenvalue weighted by Crippen LogP contribution is 2.20. The summed E-state index contributed by atoms with van der Waals surface area (Å²) in [6.07, 6.45) is 0.864. The predicted octanol–water partition coefficient (Wildman–Crippen LogP) is 3.16. The Hall–Kier alpha value is -1.07. The van der Waals surface area contributed by atoms with Crippen molar-refractivity contribution >= 4 is 0 Å². The van der Waals surface area contributed by atoms with Gasteiger partial charge in [-0.1, -0.05) is 13.8 Å². The van der Waals surface area contributed by atoms with Crippen molar-refractivity contribution in [3.63, 3.8) is 0 Å².